The summed E-state index contributed by atoms with van der Waals surface area (Å²) in [4.78, 5) is 10.5. The maximum absolute atomic E-state index is 10.5. The van der Waals surface area contributed by atoms with Crippen LogP contribution in [0.4, 0.5) is 0 Å². The van der Waals surface area contributed by atoms with Gasteiger partial charge in [-0.05, 0) is 85.8 Å². The van der Waals surface area contributed by atoms with E-state index in [2.05, 4.69) is 12.1 Å². The van der Waals surface area contributed by atoms with Crippen LogP contribution in [-0.4, -0.2) is 11.1 Å². The molecule has 3 nitrogen and oxygen atoms in total. The van der Waals surface area contributed by atoms with Gasteiger partial charge in [-0.25, -0.2) is 4.79 Å². The lowest BCUT2D eigenvalue weighted by molar-refractivity contribution is -0.131. The molecule has 0 spiro atoms. The molecule has 0 unspecified atom stereocenters. The Morgan fingerprint density at radius 1 is 1.17 bits per heavy atom. The summed E-state index contributed by atoms with van der Waals surface area (Å²) in [7, 11) is 0. The van der Waals surface area contributed by atoms with Crippen molar-refractivity contribution in [1.82, 2.24) is 0 Å². The Balaban J connectivity index is 1.58. The van der Waals surface area contributed by atoms with Crippen LogP contribution in [0.5, 0.6) is 5.75 Å². The van der Waals surface area contributed by atoms with E-state index in [0.717, 1.165) is 35.1 Å². The van der Waals surface area contributed by atoms with Gasteiger partial charge in [0.25, 0.3) is 0 Å². The third kappa shape index (κ3) is 2.66. The number of carbonyl (C=O) groups is 1. The molecule has 5 rings (SSSR count). The van der Waals surface area contributed by atoms with Gasteiger partial charge in [-0.15, -0.1) is 0 Å². The molecule has 0 aliphatic heterocycles. The van der Waals surface area contributed by atoms with Gasteiger partial charge in [-0.3, -0.25) is 0 Å². The summed E-state index contributed by atoms with van der Waals surface area (Å²) in [6.07, 6.45) is 10.7. The van der Waals surface area contributed by atoms with Crippen LogP contribution in [0, 0.1) is 24.7 Å². The van der Waals surface area contributed by atoms with E-state index < -0.39 is 5.97 Å². The van der Waals surface area contributed by atoms with Crippen molar-refractivity contribution in [3.8, 4) is 5.75 Å². The van der Waals surface area contributed by atoms with Crippen LogP contribution in [0.1, 0.15) is 49.7 Å². The molecule has 4 fully saturated rings. The maximum Gasteiger partial charge on any atom is 0.331 e. The Kier molecular flexibility index (Phi) is 3.47. The van der Waals surface area contributed by atoms with Crippen LogP contribution in [0.3, 0.4) is 0 Å². The van der Waals surface area contributed by atoms with Gasteiger partial charge in [0, 0.05) is 0 Å². The molecule has 0 saturated heterocycles. The first-order chi connectivity index (χ1) is 11.0. The highest BCUT2D eigenvalue weighted by Gasteiger charge is 2.51. The number of rotatable bonds is 4. The van der Waals surface area contributed by atoms with E-state index in [0.29, 0.717) is 5.41 Å². The van der Waals surface area contributed by atoms with E-state index in [1.54, 1.807) is 0 Å². The van der Waals surface area contributed by atoms with Crippen LogP contribution >= 0.6 is 0 Å². The second kappa shape index (κ2) is 5.40. The topological polar surface area (TPSA) is 46.5 Å². The molecule has 1 aromatic rings. The standard InChI is InChI=1S/C20H24O3/c1-13-6-17(2-3-18(13)23-5-4-19(21)22)20-10-14-7-15(11-20)9-16(8-14)12-20/h2-6,14-16H,7-12H2,1H3,(H,21,22)/b5-4+. The van der Waals surface area contributed by atoms with E-state index in [-0.39, 0.29) is 0 Å². The second-order valence-corrected chi connectivity index (χ2v) is 7.94. The van der Waals surface area contributed by atoms with Gasteiger partial charge in [0.05, 0.1) is 12.3 Å². The molecule has 23 heavy (non-hydrogen) atoms. The molecular weight excluding hydrogens is 288 g/mol. The number of aliphatic carboxylic acids is 1. The molecular formula is C20H24O3. The average molecular weight is 312 g/mol. The first-order valence-corrected chi connectivity index (χ1v) is 8.71. The summed E-state index contributed by atoms with van der Waals surface area (Å²) in [5.74, 6) is 2.58. The molecule has 0 amide bonds. The molecule has 122 valence electrons. The summed E-state index contributed by atoms with van der Waals surface area (Å²) in [5.41, 5.74) is 2.96. The predicted octanol–water partition coefficient (Wildman–Crippen LogP) is 4.44. The van der Waals surface area contributed by atoms with Crippen molar-refractivity contribution in [2.24, 2.45) is 17.8 Å². The van der Waals surface area contributed by atoms with Gasteiger partial charge >= 0.3 is 5.97 Å². The number of carboxylic acid groups (broad SMARTS) is 1. The first-order valence-electron chi connectivity index (χ1n) is 8.71. The molecule has 4 aliphatic rings. The number of hydrogen-bond acceptors (Lipinski definition) is 2. The Morgan fingerprint density at radius 3 is 2.30 bits per heavy atom. The predicted molar refractivity (Wildman–Crippen MR) is 88.4 cm³/mol. The normalized spacial score (nSPS) is 34.9. The minimum Gasteiger partial charge on any atom is -0.478 e. The second-order valence-electron chi connectivity index (χ2n) is 7.94. The minimum atomic E-state index is -0.993. The summed E-state index contributed by atoms with van der Waals surface area (Å²) < 4.78 is 5.46. The SMILES string of the molecule is Cc1cc(C23CC4CC(CC(C4)C2)C3)ccc1O/C=C/C(=O)O. The Labute approximate surface area is 137 Å². The van der Waals surface area contributed by atoms with Crippen molar-refractivity contribution in [2.75, 3.05) is 0 Å². The van der Waals surface area contributed by atoms with Crippen LogP contribution in [-0.2, 0) is 10.2 Å². The molecule has 4 bridgehead atoms. The number of carboxylic acids is 1. The molecule has 1 N–H and O–H groups in total. The third-order valence-electron chi connectivity index (χ3n) is 6.23. The largest absolute Gasteiger partial charge is 0.478 e. The van der Waals surface area contributed by atoms with Gasteiger partial charge in [0.1, 0.15) is 5.75 Å². The third-order valence-corrected chi connectivity index (χ3v) is 6.23. The van der Waals surface area contributed by atoms with E-state index in [9.17, 15) is 4.79 Å². The van der Waals surface area contributed by atoms with Gasteiger partial charge < -0.3 is 9.84 Å². The van der Waals surface area contributed by atoms with Crippen molar-refractivity contribution < 1.29 is 14.6 Å². The highest BCUT2D eigenvalue weighted by molar-refractivity contribution is 5.79. The lowest BCUT2D eigenvalue weighted by atomic mass is 9.48. The van der Waals surface area contributed by atoms with E-state index in [1.165, 1.54) is 50.4 Å². The van der Waals surface area contributed by atoms with Crippen LogP contribution in [0.15, 0.2) is 30.5 Å². The van der Waals surface area contributed by atoms with Gasteiger partial charge in [0.15, 0.2) is 0 Å². The zero-order valence-electron chi connectivity index (χ0n) is 13.6. The van der Waals surface area contributed by atoms with Gasteiger partial charge in [-0.1, -0.05) is 12.1 Å². The van der Waals surface area contributed by atoms with Crippen molar-refractivity contribution in [3.05, 3.63) is 41.7 Å². The molecule has 1 aromatic carbocycles. The Bertz CT molecular complexity index is 624. The highest BCUT2D eigenvalue weighted by Crippen LogP contribution is 2.60. The number of benzene rings is 1. The molecule has 0 atom stereocenters. The first kappa shape index (κ1) is 14.8. The Morgan fingerprint density at radius 2 is 1.78 bits per heavy atom. The number of ether oxygens (including phenoxy) is 1. The number of hydrogen-bond donors (Lipinski definition) is 1. The van der Waals surface area contributed by atoms with Crippen molar-refractivity contribution in [1.29, 1.82) is 0 Å². The maximum atomic E-state index is 10.5. The van der Waals surface area contributed by atoms with Gasteiger partial charge in [0.2, 0.25) is 0 Å². The molecule has 4 saturated carbocycles. The zero-order valence-corrected chi connectivity index (χ0v) is 13.6. The summed E-state index contributed by atoms with van der Waals surface area (Å²) >= 11 is 0. The summed E-state index contributed by atoms with van der Waals surface area (Å²) in [6.45, 7) is 2.05. The zero-order chi connectivity index (χ0) is 16.0. The molecule has 0 aromatic heterocycles. The molecule has 0 radical (unpaired) electrons. The minimum absolute atomic E-state index is 0.398. The average Bonchev–Trinajstić information content (AvgIpc) is 2.47. The monoisotopic (exact) mass is 312 g/mol. The Hall–Kier alpha value is -1.77. The summed E-state index contributed by atoms with van der Waals surface area (Å²) in [6, 6.07) is 6.50. The van der Waals surface area contributed by atoms with Crippen molar-refractivity contribution >= 4 is 5.97 Å². The highest BCUT2D eigenvalue weighted by atomic mass is 16.5. The van der Waals surface area contributed by atoms with Crippen LogP contribution < -0.4 is 4.74 Å². The quantitative estimate of drug-likeness (QED) is 0.660. The fraction of sp³-hybridized carbons (Fsp3) is 0.550. The molecule has 0 heterocycles. The molecule has 4 aliphatic carbocycles. The van der Waals surface area contributed by atoms with E-state index in [1.807, 2.05) is 13.0 Å². The van der Waals surface area contributed by atoms with E-state index >= 15 is 0 Å². The molecule has 3 heteroatoms. The van der Waals surface area contributed by atoms with Gasteiger partial charge in [-0.2, -0.15) is 0 Å². The fourth-order valence-electron chi connectivity index (χ4n) is 5.74. The lowest BCUT2D eigenvalue weighted by Crippen LogP contribution is -2.48. The van der Waals surface area contributed by atoms with E-state index in [4.69, 9.17) is 9.84 Å². The summed E-state index contributed by atoms with van der Waals surface area (Å²) in [5, 5.41) is 8.63. The smallest absolute Gasteiger partial charge is 0.331 e. The van der Waals surface area contributed by atoms with Crippen molar-refractivity contribution in [2.45, 2.75) is 50.9 Å². The van der Waals surface area contributed by atoms with Crippen molar-refractivity contribution in [3.63, 3.8) is 0 Å². The number of aryl methyl sites for hydroxylation is 1. The fourth-order valence-corrected chi connectivity index (χ4v) is 5.74. The van der Waals surface area contributed by atoms with Crippen LogP contribution in [0.25, 0.3) is 0 Å². The van der Waals surface area contributed by atoms with Crippen LogP contribution in [0.2, 0.25) is 0 Å². The lowest BCUT2D eigenvalue weighted by Gasteiger charge is -2.57.